The molecule has 0 N–H and O–H groups in total. The predicted molar refractivity (Wildman–Crippen MR) is 78.9 cm³/mol. The van der Waals surface area contributed by atoms with Crippen LogP contribution in [0.5, 0.6) is 0 Å². The molecule has 104 valence electrons. The summed E-state index contributed by atoms with van der Waals surface area (Å²) in [5.74, 6) is 0. The van der Waals surface area contributed by atoms with Crippen LogP contribution in [0.15, 0.2) is 16.7 Å². The molecule has 0 spiro atoms. The van der Waals surface area contributed by atoms with E-state index in [1.54, 1.807) is 7.11 Å². The summed E-state index contributed by atoms with van der Waals surface area (Å²) >= 11 is 9.83. The van der Waals surface area contributed by atoms with E-state index in [4.69, 9.17) is 21.1 Å². The van der Waals surface area contributed by atoms with E-state index in [2.05, 4.69) is 20.9 Å². The third-order valence-corrected chi connectivity index (χ3v) is 3.64. The Morgan fingerprint density at radius 3 is 2.79 bits per heavy atom. The molecular formula is C12H15BrClN3O2. The number of ether oxygens (including phenoxy) is 2. The molecule has 0 unspecified atom stereocenters. The number of anilines is 1. The fourth-order valence-corrected chi connectivity index (χ4v) is 2.62. The zero-order valence-corrected chi connectivity index (χ0v) is 13.3. The van der Waals surface area contributed by atoms with Gasteiger partial charge in [0.15, 0.2) is 5.65 Å². The van der Waals surface area contributed by atoms with Crippen molar-refractivity contribution in [3.05, 3.63) is 27.6 Å². The summed E-state index contributed by atoms with van der Waals surface area (Å²) in [6.45, 7) is 0.527. The van der Waals surface area contributed by atoms with Gasteiger partial charge in [0.25, 0.3) is 0 Å². The van der Waals surface area contributed by atoms with Gasteiger partial charge in [-0.1, -0.05) is 11.6 Å². The van der Waals surface area contributed by atoms with Crippen LogP contribution in [-0.2, 0) is 16.1 Å². The first-order chi connectivity index (χ1) is 9.06. The number of hydrogen-bond donors (Lipinski definition) is 0. The highest BCUT2D eigenvalue weighted by Crippen LogP contribution is 2.29. The standard InChI is InChI=1S/C12H15BrClN3O2/c1-16(2)9-4-5-10(13)17-11(14)8(15-12(9)17)6-19-7-18-3/h4-5H,6-7H2,1-3H3. The maximum absolute atomic E-state index is 6.35. The topological polar surface area (TPSA) is 39.0 Å². The Labute approximate surface area is 125 Å². The first-order valence-electron chi connectivity index (χ1n) is 5.65. The Balaban J connectivity index is 2.48. The summed E-state index contributed by atoms with van der Waals surface area (Å²) < 4.78 is 12.9. The molecule has 0 bridgehead atoms. The molecule has 0 saturated heterocycles. The van der Waals surface area contributed by atoms with E-state index in [0.29, 0.717) is 17.5 Å². The van der Waals surface area contributed by atoms with Crippen molar-refractivity contribution in [1.82, 2.24) is 9.38 Å². The van der Waals surface area contributed by atoms with Crippen molar-refractivity contribution in [1.29, 1.82) is 0 Å². The monoisotopic (exact) mass is 347 g/mol. The van der Waals surface area contributed by atoms with Gasteiger partial charge in [-0.25, -0.2) is 4.98 Å². The van der Waals surface area contributed by atoms with Crippen LogP contribution in [0.25, 0.3) is 5.65 Å². The lowest BCUT2D eigenvalue weighted by Crippen LogP contribution is -2.10. The van der Waals surface area contributed by atoms with Crippen LogP contribution < -0.4 is 4.90 Å². The minimum absolute atomic E-state index is 0.214. The summed E-state index contributed by atoms with van der Waals surface area (Å²) in [6, 6.07) is 3.93. The van der Waals surface area contributed by atoms with Crippen molar-refractivity contribution in [3.8, 4) is 0 Å². The SMILES string of the molecule is COCOCc1nc2c(N(C)C)ccc(Br)n2c1Cl. The Morgan fingerprint density at radius 2 is 2.16 bits per heavy atom. The molecule has 7 heteroatoms. The Bertz CT molecular complexity index is 586. The van der Waals surface area contributed by atoms with Crippen molar-refractivity contribution < 1.29 is 9.47 Å². The Kier molecular flexibility index (Phi) is 4.67. The average Bonchev–Trinajstić information content (AvgIpc) is 2.68. The van der Waals surface area contributed by atoms with Crippen LogP contribution in [0.1, 0.15) is 5.69 Å². The van der Waals surface area contributed by atoms with Gasteiger partial charge in [-0.3, -0.25) is 4.40 Å². The van der Waals surface area contributed by atoms with Crippen molar-refractivity contribution in [2.45, 2.75) is 6.61 Å². The summed E-state index contributed by atoms with van der Waals surface area (Å²) in [5.41, 5.74) is 2.47. The van der Waals surface area contributed by atoms with Crippen molar-refractivity contribution in [3.63, 3.8) is 0 Å². The second kappa shape index (κ2) is 6.09. The number of hydrogen-bond acceptors (Lipinski definition) is 4. The van der Waals surface area contributed by atoms with Gasteiger partial charge in [0.2, 0.25) is 0 Å². The number of imidazole rings is 1. The molecule has 5 nitrogen and oxygen atoms in total. The van der Waals surface area contributed by atoms with E-state index in [1.807, 2.05) is 35.5 Å². The molecule has 2 aromatic heterocycles. The summed E-state index contributed by atoms with van der Waals surface area (Å²) in [4.78, 5) is 6.54. The van der Waals surface area contributed by atoms with E-state index in [1.165, 1.54) is 0 Å². The van der Waals surface area contributed by atoms with E-state index in [9.17, 15) is 0 Å². The number of aromatic nitrogens is 2. The molecule has 0 aliphatic heterocycles. The molecule has 0 saturated carbocycles. The molecule has 0 aliphatic rings. The highest BCUT2D eigenvalue weighted by molar-refractivity contribution is 9.10. The lowest BCUT2D eigenvalue weighted by molar-refractivity contribution is -0.0399. The molecule has 2 heterocycles. The number of halogens is 2. The molecule has 0 aliphatic carbocycles. The number of nitrogens with zero attached hydrogens (tertiary/aromatic N) is 3. The number of pyridine rings is 1. The minimum atomic E-state index is 0.214. The fraction of sp³-hybridized carbons (Fsp3) is 0.417. The van der Waals surface area contributed by atoms with Crippen molar-refractivity contribution in [2.75, 3.05) is 32.9 Å². The average molecular weight is 349 g/mol. The number of rotatable bonds is 5. The minimum Gasteiger partial charge on any atom is -0.375 e. The molecule has 0 aromatic carbocycles. The Hall–Kier alpha value is -0.820. The zero-order valence-electron chi connectivity index (χ0n) is 11.0. The second-order valence-electron chi connectivity index (χ2n) is 4.20. The van der Waals surface area contributed by atoms with Gasteiger partial charge < -0.3 is 14.4 Å². The van der Waals surface area contributed by atoms with E-state index in [0.717, 1.165) is 15.9 Å². The third kappa shape index (κ3) is 2.86. The number of methoxy groups -OCH3 is 1. The van der Waals surface area contributed by atoms with Gasteiger partial charge in [0.1, 0.15) is 17.6 Å². The van der Waals surface area contributed by atoms with Gasteiger partial charge >= 0.3 is 0 Å². The van der Waals surface area contributed by atoms with Crippen LogP contribution in [0.3, 0.4) is 0 Å². The summed E-state index contributed by atoms with van der Waals surface area (Å²) in [5, 5.41) is 0.543. The van der Waals surface area contributed by atoms with Gasteiger partial charge in [-0.2, -0.15) is 0 Å². The van der Waals surface area contributed by atoms with Gasteiger partial charge in [-0.15, -0.1) is 0 Å². The van der Waals surface area contributed by atoms with Gasteiger partial charge in [0.05, 0.1) is 16.9 Å². The molecule has 0 fully saturated rings. The summed E-state index contributed by atoms with van der Waals surface area (Å²) in [6.07, 6.45) is 0. The fourth-order valence-electron chi connectivity index (χ4n) is 1.77. The van der Waals surface area contributed by atoms with Crippen LogP contribution >= 0.6 is 27.5 Å². The lowest BCUT2D eigenvalue weighted by Gasteiger charge is -2.13. The molecule has 0 amide bonds. The number of fused-ring (bicyclic) bond motifs is 1. The summed E-state index contributed by atoms with van der Waals surface area (Å²) in [7, 11) is 5.51. The third-order valence-electron chi connectivity index (χ3n) is 2.63. The quantitative estimate of drug-likeness (QED) is 0.473. The van der Waals surface area contributed by atoms with Gasteiger partial charge in [-0.05, 0) is 28.1 Å². The highest BCUT2D eigenvalue weighted by atomic mass is 79.9. The molecule has 2 aromatic rings. The van der Waals surface area contributed by atoms with E-state index in [-0.39, 0.29) is 6.79 Å². The molecule has 0 atom stereocenters. The first-order valence-corrected chi connectivity index (χ1v) is 6.82. The maximum atomic E-state index is 6.35. The largest absolute Gasteiger partial charge is 0.375 e. The molecule has 2 rings (SSSR count). The highest BCUT2D eigenvalue weighted by Gasteiger charge is 2.16. The van der Waals surface area contributed by atoms with Crippen LogP contribution in [0, 0.1) is 0 Å². The van der Waals surface area contributed by atoms with Crippen molar-refractivity contribution >= 4 is 38.9 Å². The Morgan fingerprint density at radius 1 is 1.42 bits per heavy atom. The van der Waals surface area contributed by atoms with Crippen molar-refractivity contribution in [2.24, 2.45) is 0 Å². The van der Waals surface area contributed by atoms with Crippen LogP contribution in [-0.4, -0.2) is 37.4 Å². The second-order valence-corrected chi connectivity index (χ2v) is 5.37. The van der Waals surface area contributed by atoms with E-state index >= 15 is 0 Å². The zero-order chi connectivity index (χ0) is 14.0. The van der Waals surface area contributed by atoms with Crippen LogP contribution in [0.2, 0.25) is 5.15 Å². The van der Waals surface area contributed by atoms with E-state index < -0.39 is 0 Å². The lowest BCUT2D eigenvalue weighted by atomic mass is 10.4. The van der Waals surface area contributed by atoms with Crippen LogP contribution in [0.4, 0.5) is 5.69 Å². The predicted octanol–water partition coefficient (Wildman–Crippen LogP) is 2.94. The normalized spacial score (nSPS) is 11.2. The molecular weight excluding hydrogens is 334 g/mol. The molecule has 19 heavy (non-hydrogen) atoms. The maximum Gasteiger partial charge on any atom is 0.162 e. The first kappa shape index (κ1) is 14.6. The van der Waals surface area contributed by atoms with Gasteiger partial charge in [0, 0.05) is 21.2 Å². The smallest absolute Gasteiger partial charge is 0.162 e. The molecule has 0 radical (unpaired) electrons.